The molecule has 3 aromatic carbocycles. The lowest BCUT2D eigenvalue weighted by molar-refractivity contribution is 0.379. The standard InChI is InChI=1S/C31H30FNO5S/c1-2-21(16-20-8-4-3-5-9-20)28-19-27(34)30(31(35)38-28)29(22-14-15-22)23-10-6-12-25(17-23)33-39(36,37)26-13-7-11-24(32)18-26/h3-13,17-19,21-22,29,33-34H,2,14-16H2,1H3. The molecule has 0 saturated heterocycles. The van der Waals surface area contributed by atoms with Crippen molar-refractivity contribution in [1.29, 1.82) is 0 Å². The van der Waals surface area contributed by atoms with Crippen LogP contribution in [-0.4, -0.2) is 13.5 Å². The molecule has 5 rings (SSSR count). The van der Waals surface area contributed by atoms with Crippen LogP contribution in [0.3, 0.4) is 0 Å². The van der Waals surface area contributed by atoms with Gasteiger partial charge in [0.05, 0.1) is 10.5 Å². The van der Waals surface area contributed by atoms with Crippen LogP contribution in [0.25, 0.3) is 0 Å². The summed E-state index contributed by atoms with van der Waals surface area (Å²) in [4.78, 5) is 13.1. The molecule has 8 heteroatoms. The summed E-state index contributed by atoms with van der Waals surface area (Å²) in [7, 11) is -4.03. The van der Waals surface area contributed by atoms with E-state index in [0.29, 0.717) is 17.7 Å². The van der Waals surface area contributed by atoms with E-state index >= 15 is 0 Å². The molecule has 1 aromatic heterocycles. The zero-order valence-electron chi connectivity index (χ0n) is 21.5. The van der Waals surface area contributed by atoms with Crippen LogP contribution in [0.15, 0.2) is 99.0 Å². The highest BCUT2D eigenvalue weighted by molar-refractivity contribution is 7.92. The fraction of sp³-hybridized carbons (Fsp3) is 0.258. The van der Waals surface area contributed by atoms with Gasteiger partial charge in [0.25, 0.3) is 10.0 Å². The first-order chi connectivity index (χ1) is 18.7. The van der Waals surface area contributed by atoms with Crippen LogP contribution in [-0.2, 0) is 16.4 Å². The number of nitrogens with one attached hydrogen (secondary N) is 1. The van der Waals surface area contributed by atoms with Gasteiger partial charge >= 0.3 is 5.63 Å². The van der Waals surface area contributed by atoms with Gasteiger partial charge in [-0.2, -0.15) is 0 Å². The average molecular weight is 548 g/mol. The van der Waals surface area contributed by atoms with E-state index < -0.39 is 27.4 Å². The van der Waals surface area contributed by atoms with E-state index in [9.17, 15) is 22.7 Å². The van der Waals surface area contributed by atoms with Crippen molar-refractivity contribution in [2.75, 3.05) is 4.72 Å². The molecule has 0 amide bonds. The third kappa shape index (κ3) is 6.06. The van der Waals surface area contributed by atoms with Gasteiger partial charge in [-0.25, -0.2) is 17.6 Å². The molecule has 0 aliphatic heterocycles. The molecule has 1 aliphatic carbocycles. The minimum Gasteiger partial charge on any atom is -0.507 e. The Bertz CT molecular complexity index is 1630. The molecular weight excluding hydrogens is 517 g/mol. The van der Waals surface area contributed by atoms with Crippen molar-refractivity contribution in [3.8, 4) is 5.75 Å². The summed E-state index contributed by atoms with van der Waals surface area (Å²) in [5.74, 6) is -0.733. The molecule has 0 bridgehead atoms. The second-order valence-corrected chi connectivity index (χ2v) is 11.7. The minimum atomic E-state index is -4.03. The van der Waals surface area contributed by atoms with Crippen LogP contribution >= 0.6 is 0 Å². The molecule has 1 fully saturated rings. The van der Waals surface area contributed by atoms with Crippen molar-refractivity contribution < 1.29 is 22.3 Å². The molecular formula is C31H30FNO5S. The SMILES string of the molecule is CCC(Cc1ccccc1)c1cc(O)c(C(c2cccc(NS(=O)(=O)c3cccc(F)c3)c2)C2CC2)c(=O)o1. The van der Waals surface area contributed by atoms with Crippen LogP contribution in [0.4, 0.5) is 10.1 Å². The fourth-order valence-electron chi connectivity index (χ4n) is 5.09. The molecule has 39 heavy (non-hydrogen) atoms. The number of halogens is 1. The third-order valence-electron chi connectivity index (χ3n) is 7.21. The molecule has 2 N–H and O–H groups in total. The first-order valence-corrected chi connectivity index (χ1v) is 14.5. The number of benzene rings is 3. The maximum absolute atomic E-state index is 13.6. The Morgan fingerprint density at radius 2 is 1.74 bits per heavy atom. The van der Waals surface area contributed by atoms with Crippen molar-refractivity contribution in [3.63, 3.8) is 0 Å². The number of anilines is 1. The Kier molecular flexibility index (Phi) is 7.57. The monoisotopic (exact) mass is 547 g/mol. The largest absolute Gasteiger partial charge is 0.507 e. The summed E-state index contributed by atoms with van der Waals surface area (Å²) in [5.41, 5.74) is 1.67. The molecule has 4 aromatic rings. The molecule has 0 radical (unpaired) electrons. The molecule has 1 aliphatic rings. The molecule has 6 nitrogen and oxygen atoms in total. The van der Waals surface area contributed by atoms with Gasteiger partial charge in [0.2, 0.25) is 0 Å². The summed E-state index contributed by atoms with van der Waals surface area (Å²) in [6.07, 6.45) is 3.15. The summed E-state index contributed by atoms with van der Waals surface area (Å²) >= 11 is 0. The Balaban J connectivity index is 1.46. The van der Waals surface area contributed by atoms with Gasteiger partial charge < -0.3 is 9.52 Å². The number of hydrogen-bond acceptors (Lipinski definition) is 5. The third-order valence-corrected chi connectivity index (χ3v) is 8.59. The van der Waals surface area contributed by atoms with E-state index in [0.717, 1.165) is 30.9 Å². The average Bonchev–Trinajstić information content (AvgIpc) is 3.75. The van der Waals surface area contributed by atoms with Crippen molar-refractivity contribution in [2.24, 2.45) is 5.92 Å². The van der Waals surface area contributed by atoms with Gasteiger partial charge in [0.15, 0.2) is 0 Å². The van der Waals surface area contributed by atoms with E-state index in [4.69, 9.17) is 4.42 Å². The molecule has 0 spiro atoms. The predicted molar refractivity (Wildman–Crippen MR) is 148 cm³/mol. The van der Waals surface area contributed by atoms with Crippen LogP contribution in [0.5, 0.6) is 5.75 Å². The quantitative estimate of drug-likeness (QED) is 0.234. The predicted octanol–water partition coefficient (Wildman–Crippen LogP) is 6.56. The van der Waals surface area contributed by atoms with Crippen LogP contribution in [0, 0.1) is 11.7 Å². The highest BCUT2D eigenvalue weighted by Gasteiger charge is 2.38. The fourth-order valence-corrected chi connectivity index (χ4v) is 6.17. The Morgan fingerprint density at radius 1 is 1.00 bits per heavy atom. The van der Waals surface area contributed by atoms with E-state index in [1.165, 1.54) is 18.2 Å². The minimum absolute atomic E-state index is 0.0695. The molecule has 202 valence electrons. The highest BCUT2D eigenvalue weighted by Crippen LogP contribution is 2.48. The number of sulfonamides is 1. The van der Waals surface area contributed by atoms with E-state index in [2.05, 4.69) is 4.72 Å². The van der Waals surface area contributed by atoms with Gasteiger partial charge in [0, 0.05) is 23.6 Å². The van der Waals surface area contributed by atoms with Gasteiger partial charge in [-0.05, 0) is 73.1 Å². The first kappa shape index (κ1) is 26.7. The number of aromatic hydroxyl groups is 1. The summed E-state index contributed by atoms with van der Waals surface area (Å²) in [5, 5.41) is 11.1. The van der Waals surface area contributed by atoms with Crippen LogP contribution in [0.2, 0.25) is 0 Å². The zero-order valence-corrected chi connectivity index (χ0v) is 22.3. The lowest BCUT2D eigenvalue weighted by Gasteiger charge is -2.20. The topological polar surface area (TPSA) is 96.6 Å². The van der Waals surface area contributed by atoms with Gasteiger partial charge in [-0.1, -0.05) is 55.5 Å². The van der Waals surface area contributed by atoms with E-state index in [1.807, 2.05) is 37.3 Å². The van der Waals surface area contributed by atoms with E-state index in [-0.39, 0.29) is 33.7 Å². The highest BCUT2D eigenvalue weighted by atomic mass is 32.2. The van der Waals surface area contributed by atoms with Gasteiger partial charge in [0.1, 0.15) is 17.3 Å². The maximum atomic E-state index is 13.6. The van der Waals surface area contributed by atoms with Crippen molar-refractivity contribution in [1.82, 2.24) is 0 Å². The first-order valence-electron chi connectivity index (χ1n) is 13.0. The lowest BCUT2D eigenvalue weighted by Crippen LogP contribution is -2.18. The maximum Gasteiger partial charge on any atom is 0.343 e. The second-order valence-electron chi connectivity index (χ2n) is 10.0. The lowest BCUT2D eigenvalue weighted by atomic mass is 9.86. The van der Waals surface area contributed by atoms with Gasteiger partial charge in [-0.3, -0.25) is 4.72 Å². The summed E-state index contributed by atoms with van der Waals surface area (Å²) in [6.45, 7) is 2.02. The number of hydrogen-bond donors (Lipinski definition) is 2. The zero-order chi connectivity index (χ0) is 27.6. The van der Waals surface area contributed by atoms with Crippen LogP contribution in [0.1, 0.15) is 60.5 Å². The normalized spacial score (nSPS) is 15.0. The Hall–Kier alpha value is -3.91. The Labute approximate surface area is 227 Å². The second kappa shape index (κ2) is 11.1. The molecule has 1 heterocycles. The van der Waals surface area contributed by atoms with Gasteiger partial charge in [-0.15, -0.1) is 0 Å². The van der Waals surface area contributed by atoms with E-state index in [1.54, 1.807) is 30.3 Å². The summed E-state index contributed by atoms with van der Waals surface area (Å²) in [6, 6.07) is 23.0. The summed E-state index contributed by atoms with van der Waals surface area (Å²) < 4.78 is 47.6. The Morgan fingerprint density at radius 3 is 2.41 bits per heavy atom. The molecule has 2 atom stereocenters. The molecule has 1 saturated carbocycles. The van der Waals surface area contributed by atoms with Crippen molar-refractivity contribution >= 4 is 15.7 Å². The smallest absolute Gasteiger partial charge is 0.343 e. The molecule has 2 unspecified atom stereocenters. The number of rotatable bonds is 10. The van der Waals surface area contributed by atoms with Crippen molar-refractivity contribution in [3.05, 3.63) is 124 Å². The van der Waals surface area contributed by atoms with Crippen LogP contribution < -0.4 is 10.3 Å². The van der Waals surface area contributed by atoms with Crippen molar-refractivity contribution in [2.45, 2.75) is 49.3 Å².